The Kier molecular flexibility index (Phi) is 6.60. The average molecular weight is 402 g/mol. The van der Waals surface area contributed by atoms with Gasteiger partial charge in [0, 0.05) is 26.2 Å². The van der Waals surface area contributed by atoms with E-state index in [2.05, 4.69) is 24.8 Å². The number of aromatic nitrogens is 3. The van der Waals surface area contributed by atoms with E-state index < -0.39 is 0 Å². The van der Waals surface area contributed by atoms with Crippen LogP contribution in [0, 0.1) is 0 Å². The van der Waals surface area contributed by atoms with Crippen molar-refractivity contribution in [3.8, 4) is 5.88 Å². The van der Waals surface area contributed by atoms with E-state index in [0.29, 0.717) is 17.6 Å². The number of pyridine rings is 1. The lowest BCUT2D eigenvalue weighted by Gasteiger charge is -2.35. The Morgan fingerprint density at radius 1 is 0.964 bits per heavy atom. The van der Waals surface area contributed by atoms with Crippen LogP contribution in [0.15, 0.2) is 24.4 Å². The number of hydrogen-bond acceptors (Lipinski definition) is 6. The summed E-state index contributed by atoms with van der Waals surface area (Å²) in [6.45, 7) is 5.93. The molecule has 28 heavy (non-hydrogen) atoms. The van der Waals surface area contributed by atoms with Crippen LogP contribution in [-0.4, -0.2) is 59.2 Å². The Morgan fingerprint density at radius 3 is 2.61 bits per heavy atom. The minimum absolute atomic E-state index is 0.559. The normalized spacial score (nSPS) is 17.4. The van der Waals surface area contributed by atoms with Crippen molar-refractivity contribution in [1.82, 2.24) is 19.9 Å². The van der Waals surface area contributed by atoms with Crippen molar-refractivity contribution in [2.75, 3.05) is 44.2 Å². The Bertz CT molecular complexity index is 779. The minimum atomic E-state index is 0.559. The van der Waals surface area contributed by atoms with Gasteiger partial charge in [-0.2, -0.15) is 0 Å². The predicted molar refractivity (Wildman–Crippen MR) is 111 cm³/mol. The molecule has 2 aromatic heterocycles. The zero-order valence-electron chi connectivity index (χ0n) is 16.3. The Balaban J connectivity index is 1.13. The number of hydrogen-bond donors (Lipinski definition) is 0. The van der Waals surface area contributed by atoms with Gasteiger partial charge in [0.25, 0.3) is 0 Å². The molecule has 0 N–H and O–H groups in total. The molecular weight excluding hydrogens is 374 g/mol. The van der Waals surface area contributed by atoms with Crippen LogP contribution in [0.5, 0.6) is 5.88 Å². The second-order valence-corrected chi connectivity index (χ2v) is 7.90. The van der Waals surface area contributed by atoms with Gasteiger partial charge in [0.15, 0.2) is 0 Å². The quantitative estimate of drug-likeness (QED) is 0.523. The number of rotatable bonds is 7. The van der Waals surface area contributed by atoms with Crippen LogP contribution in [0.3, 0.4) is 0 Å². The van der Waals surface area contributed by atoms with Crippen molar-refractivity contribution in [3.63, 3.8) is 0 Å². The molecule has 0 unspecified atom stereocenters. The summed E-state index contributed by atoms with van der Waals surface area (Å²) in [6.07, 6.45) is 8.49. The summed E-state index contributed by atoms with van der Waals surface area (Å²) >= 11 is 6.00. The van der Waals surface area contributed by atoms with E-state index in [1.165, 1.54) is 12.8 Å². The first-order valence-electron chi connectivity index (χ1n) is 10.4. The lowest BCUT2D eigenvalue weighted by molar-refractivity contribution is 0.235. The number of unbranched alkanes of at least 4 members (excludes halogenated alkanes) is 1. The third-order valence-corrected chi connectivity index (χ3v) is 5.71. The first-order valence-corrected chi connectivity index (χ1v) is 10.7. The van der Waals surface area contributed by atoms with Gasteiger partial charge in [0.2, 0.25) is 5.88 Å². The van der Waals surface area contributed by atoms with Gasteiger partial charge < -0.3 is 9.64 Å². The molecule has 1 aliphatic carbocycles. The molecule has 6 nitrogen and oxygen atoms in total. The molecule has 0 amide bonds. The summed E-state index contributed by atoms with van der Waals surface area (Å²) in [4.78, 5) is 18.4. The summed E-state index contributed by atoms with van der Waals surface area (Å²) in [6, 6.07) is 5.81. The van der Waals surface area contributed by atoms with Crippen LogP contribution in [-0.2, 0) is 12.8 Å². The molecule has 2 aliphatic rings. The van der Waals surface area contributed by atoms with Crippen LogP contribution in [0.25, 0.3) is 0 Å². The molecule has 1 saturated heterocycles. The second kappa shape index (κ2) is 9.52. The van der Waals surface area contributed by atoms with Gasteiger partial charge >= 0.3 is 0 Å². The van der Waals surface area contributed by atoms with Gasteiger partial charge in [-0.3, -0.25) is 9.88 Å². The molecule has 0 bridgehead atoms. The fourth-order valence-electron chi connectivity index (χ4n) is 3.89. The molecule has 4 rings (SSSR count). The second-order valence-electron chi connectivity index (χ2n) is 7.51. The molecule has 3 heterocycles. The van der Waals surface area contributed by atoms with Gasteiger partial charge in [0.1, 0.15) is 11.0 Å². The van der Waals surface area contributed by atoms with Gasteiger partial charge in [-0.1, -0.05) is 17.7 Å². The highest BCUT2D eigenvalue weighted by molar-refractivity contribution is 6.29. The third-order valence-electron chi connectivity index (χ3n) is 5.50. The summed E-state index contributed by atoms with van der Waals surface area (Å²) in [7, 11) is 0. The van der Waals surface area contributed by atoms with Gasteiger partial charge in [-0.15, -0.1) is 0 Å². The molecule has 150 valence electrons. The number of aryl methyl sites for hydroxylation is 2. The molecule has 1 fully saturated rings. The number of ether oxygens (including phenoxy) is 1. The highest BCUT2D eigenvalue weighted by Gasteiger charge is 2.18. The Morgan fingerprint density at radius 2 is 1.79 bits per heavy atom. The maximum atomic E-state index is 6.00. The lowest BCUT2D eigenvalue weighted by atomic mass is 10.0. The predicted octanol–water partition coefficient (Wildman–Crippen LogP) is 3.39. The SMILES string of the molecule is Clc1cccc(N2CCN(CCCCOc3cnc4c(n3)CCCC4)CC2)n1. The molecule has 0 spiro atoms. The van der Waals surface area contributed by atoms with E-state index >= 15 is 0 Å². The van der Waals surface area contributed by atoms with Crippen LogP contribution in [0.2, 0.25) is 5.15 Å². The molecule has 0 aromatic carbocycles. The van der Waals surface area contributed by atoms with Crippen LogP contribution >= 0.6 is 11.6 Å². The monoisotopic (exact) mass is 401 g/mol. The molecule has 1 aliphatic heterocycles. The van der Waals surface area contributed by atoms with Crippen molar-refractivity contribution >= 4 is 17.4 Å². The van der Waals surface area contributed by atoms with Crippen LogP contribution in [0.4, 0.5) is 5.82 Å². The fraction of sp³-hybridized carbons (Fsp3) is 0.571. The fourth-order valence-corrected chi connectivity index (χ4v) is 4.05. The third kappa shape index (κ3) is 5.11. The van der Waals surface area contributed by atoms with Crippen molar-refractivity contribution in [1.29, 1.82) is 0 Å². The van der Waals surface area contributed by atoms with Crippen molar-refractivity contribution in [3.05, 3.63) is 40.9 Å². The highest BCUT2D eigenvalue weighted by atomic mass is 35.5. The standard InChI is InChI=1S/C21H28ClN5O/c22-19-8-5-9-20(25-19)27-13-11-26(12-14-27)10-3-4-15-28-21-16-23-17-6-1-2-7-18(17)24-21/h5,8-9,16H,1-4,6-7,10-15H2. The minimum Gasteiger partial charge on any atom is -0.477 e. The van der Waals surface area contributed by atoms with E-state index in [0.717, 1.165) is 75.6 Å². The number of anilines is 1. The number of fused-ring (bicyclic) bond motifs is 1. The highest BCUT2D eigenvalue weighted by Crippen LogP contribution is 2.20. The number of nitrogens with zero attached hydrogens (tertiary/aromatic N) is 5. The smallest absolute Gasteiger partial charge is 0.232 e. The maximum absolute atomic E-state index is 6.00. The van der Waals surface area contributed by atoms with Crippen molar-refractivity contribution < 1.29 is 4.74 Å². The van der Waals surface area contributed by atoms with Gasteiger partial charge in [-0.05, 0) is 57.2 Å². The first-order chi connectivity index (χ1) is 13.8. The Hall–Kier alpha value is -1.92. The van der Waals surface area contributed by atoms with Crippen molar-refractivity contribution in [2.24, 2.45) is 0 Å². The van der Waals surface area contributed by atoms with Gasteiger partial charge in [-0.25, -0.2) is 9.97 Å². The number of piperazine rings is 1. The molecule has 0 atom stereocenters. The molecule has 0 saturated carbocycles. The summed E-state index contributed by atoms with van der Waals surface area (Å²) in [5.74, 6) is 1.66. The molecule has 2 aromatic rings. The Labute approximate surface area is 171 Å². The van der Waals surface area contributed by atoms with E-state index in [4.69, 9.17) is 16.3 Å². The summed E-state index contributed by atoms with van der Waals surface area (Å²) < 4.78 is 5.83. The molecule has 0 radical (unpaired) electrons. The first kappa shape index (κ1) is 19.4. The zero-order chi connectivity index (χ0) is 19.2. The van der Waals surface area contributed by atoms with Crippen molar-refractivity contribution in [2.45, 2.75) is 38.5 Å². The average Bonchev–Trinajstić information content (AvgIpc) is 2.74. The maximum Gasteiger partial charge on any atom is 0.232 e. The van der Waals surface area contributed by atoms with Gasteiger partial charge in [0.05, 0.1) is 24.2 Å². The molecular formula is C21H28ClN5O. The number of halogens is 1. The van der Waals surface area contributed by atoms with E-state index in [1.807, 2.05) is 18.2 Å². The van der Waals surface area contributed by atoms with Crippen LogP contribution < -0.4 is 9.64 Å². The van der Waals surface area contributed by atoms with Crippen LogP contribution in [0.1, 0.15) is 37.1 Å². The van der Waals surface area contributed by atoms with E-state index in [-0.39, 0.29) is 0 Å². The lowest BCUT2D eigenvalue weighted by Crippen LogP contribution is -2.46. The molecule has 7 heteroatoms. The van der Waals surface area contributed by atoms with E-state index in [1.54, 1.807) is 6.20 Å². The van der Waals surface area contributed by atoms with E-state index in [9.17, 15) is 0 Å². The topological polar surface area (TPSA) is 54.4 Å². The summed E-state index contributed by atoms with van der Waals surface area (Å²) in [5, 5.41) is 0.559. The largest absolute Gasteiger partial charge is 0.477 e. The summed E-state index contributed by atoms with van der Waals surface area (Å²) in [5.41, 5.74) is 2.29. The zero-order valence-corrected chi connectivity index (χ0v) is 17.1.